The van der Waals surface area contributed by atoms with Gasteiger partial charge in [0, 0.05) is 44.0 Å². The number of carbonyl (C=O) groups is 2. The van der Waals surface area contributed by atoms with Crippen LogP contribution in [0.2, 0.25) is 0 Å². The molecule has 1 saturated carbocycles. The van der Waals surface area contributed by atoms with E-state index in [1.54, 1.807) is 0 Å². The number of aromatic nitrogens is 1. The number of fused-ring (bicyclic) bond motifs is 1. The molecule has 3 atom stereocenters. The first kappa shape index (κ1) is 21.5. The summed E-state index contributed by atoms with van der Waals surface area (Å²) >= 11 is 0. The molecule has 4 rings (SSSR count). The molecule has 2 saturated heterocycles. The molecule has 1 aromatic heterocycles. The number of carboxylic acids is 1. The molecular formula is C19H24F3N3O4. The van der Waals surface area contributed by atoms with Crippen molar-refractivity contribution in [3.8, 4) is 0 Å². The highest BCUT2D eigenvalue weighted by molar-refractivity contribution is 5.77. The summed E-state index contributed by atoms with van der Waals surface area (Å²) in [6.07, 6.45) is 2.92. The summed E-state index contributed by atoms with van der Waals surface area (Å²) in [4.78, 5) is 27.4. The van der Waals surface area contributed by atoms with Gasteiger partial charge in [0.2, 0.25) is 5.91 Å². The summed E-state index contributed by atoms with van der Waals surface area (Å²) in [5.41, 5.74) is 1.25. The molecule has 0 radical (unpaired) electrons. The van der Waals surface area contributed by atoms with Crippen LogP contribution in [0.25, 0.3) is 0 Å². The lowest BCUT2D eigenvalue weighted by Crippen LogP contribution is -2.30. The van der Waals surface area contributed by atoms with Gasteiger partial charge < -0.3 is 15.2 Å². The topological polar surface area (TPSA) is 91.8 Å². The Kier molecular flexibility index (Phi) is 6.74. The first-order valence-electron chi connectivity index (χ1n) is 9.57. The average molecular weight is 415 g/mol. The molecule has 2 aliphatic heterocycles. The smallest absolute Gasteiger partial charge is 0.475 e. The first-order valence-corrected chi connectivity index (χ1v) is 9.57. The number of alkyl halides is 3. The zero-order chi connectivity index (χ0) is 21.0. The van der Waals surface area contributed by atoms with Gasteiger partial charge in [0.25, 0.3) is 0 Å². The normalized spacial score (nSPS) is 26.4. The third kappa shape index (κ3) is 6.67. The van der Waals surface area contributed by atoms with Crippen molar-refractivity contribution in [3.63, 3.8) is 0 Å². The molecule has 160 valence electrons. The number of halogens is 3. The second-order valence-corrected chi connectivity index (χ2v) is 7.70. The lowest BCUT2D eigenvalue weighted by molar-refractivity contribution is -0.192. The SMILES string of the molecule is O=C(C[C@@H]1C[C@H]2CN(Cc3cccnc3)C[C@H]2O1)NC1CC1.O=C(O)C(F)(F)F. The van der Waals surface area contributed by atoms with E-state index in [-0.39, 0.29) is 12.0 Å². The quantitative estimate of drug-likeness (QED) is 0.764. The number of nitrogens with zero attached hydrogens (tertiary/aromatic N) is 2. The van der Waals surface area contributed by atoms with Gasteiger partial charge in [-0.15, -0.1) is 0 Å². The van der Waals surface area contributed by atoms with Gasteiger partial charge in [0.05, 0.1) is 18.6 Å². The van der Waals surface area contributed by atoms with Gasteiger partial charge in [-0.05, 0) is 30.9 Å². The van der Waals surface area contributed by atoms with Gasteiger partial charge in [-0.3, -0.25) is 14.7 Å². The fourth-order valence-electron chi connectivity index (χ4n) is 3.68. The van der Waals surface area contributed by atoms with Crippen LogP contribution in [-0.4, -0.2) is 64.4 Å². The highest BCUT2D eigenvalue weighted by Crippen LogP contribution is 2.35. The first-order chi connectivity index (χ1) is 13.7. The number of aliphatic carboxylic acids is 1. The summed E-state index contributed by atoms with van der Waals surface area (Å²) in [6, 6.07) is 4.55. The van der Waals surface area contributed by atoms with E-state index in [4.69, 9.17) is 14.6 Å². The van der Waals surface area contributed by atoms with Crippen LogP contribution in [0.15, 0.2) is 24.5 Å². The molecule has 1 aliphatic carbocycles. The number of carbonyl (C=O) groups excluding carboxylic acids is 1. The Balaban J connectivity index is 0.000000298. The predicted octanol–water partition coefficient (Wildman–Crippen LogP) is 1.97. The molecule has 0 spiro atoms. The lowest BCUT2D eigenvalue weighted by Gasteiger charge is -2.18. The van der Waals surface area contributed by atoms with Crippen LogP contribution >= 0.6 is 0 Å². The Labute approximate surface area is 166 Å². The molecule has 2 N–H and O–H groups in total. The zero-order valence-electron chi connectivity index (χ0n) is 15.8. The van der Waals surface area contributed by atoms with Crippen molar-refractivity contribution in [2.45, 2.75) is 56.7 Å². The van der Waals surface area contributed by atoms with E-state index in [2.05, 4.69) is 21.3 Å². The largest absolute Gasteiger partial charge is 0.490 e. The highest BCUT2D eigenvalue weighted by Gasteiger charge is 2.42. The predicted molar refractivity (Wildman–Crippen MR) is 95.8 cm³/mol. The number of hydrogen-bond acceptors (Lipinski definition) is 5. The van der Waals surface area contributed by atoms with Crippen molar-refractivity contribution < 1.29 is 32.6 Å². The van der Waals surface area contributed by atoms with Gasteiger partial charge in [-0.2, -0.15) is 13.2 Å². The second-order valence-electron chi connectivity index (χ2n) is 7.70. The second kappa shape index (κ2) is 9.08. The zero-order valence-corrected chi connectivity index (χ0v) is 15.8. The third-order valence-corrected chi connectivity index (χ3v) is 5.12. The van der Waals surface area contributed by atoms with E-state index >= 15 is 0 Å². The standard InChI is InChI=1S/C17H23N3O2.C2HF3O2/c21-17(19-14-3-4-14)7-15-6-13-10-20(11-16(13)22-15)9-12-2-1-5-18-8-12;3-2(4,5)1(6)7/h1-2,5,8,13-16H,3-4,6-7,9-11H2,(H,19,21);(H,6,7)/t13-,15-,16+;/m0./s1. The fourth-order valence-corrected chi connectivity index (χ4v) is 3.68. The number of carboxylic acid groups (broad SMARTS) is 1. The summed E-state index contributed by atoms with van der Waals surface area (Å²) in [5.74, 6) is -2.01. The van der Waals surface area contributed by atoms with E-state index in [0.29, 0.717) is 24.5 Å². The number of ether oxygens (including phenoxy) is 1. The van der Waals surface area contributed by atoms with Gasteiger partial charge in [-0.1, -0.05) is 6.07 Å². The molecule has 0 bridgehead atoms. The molecule has 7 nitrogen and oxygen atoms in total. The average Bonchev–Trinajstić information content (AvgIpc) is 3.25. The molecule has 3 aliphatic rings. The molecule has 29 heavy (non-hydrogen) atoms. The Bertz CT molecular complexity index is 698. The van der Waals surface area contributed by atoms with E-state index in [0.717, 1.165) is 38.9 Å². The molecule has 0 unspecified atom stereocenters. The number of pyridine rings is 1. The van der Waals surface area contributed by atoms with E-state index in [1.807, 2.05) is 18.5 Å². The van der Waals surface area contributed by atoms with Crippen LogP contribution in [0.3, 0.4) is 0 Å². The van der Waals surface area contributed by atoms with Gasteiger partial charge >= 0.3 is 12.1 Å². The molecule has 10 heteroatoms. The van der Waals surface area contributed by atoms with Crippen LogP contribution in [0.5, 0.6) is 0 Å². The maximum atomic E-state index is 11.9. The Morgan fingerprint density at radius 2 is 2.03 bits per heavy atom. The summed E-state index contributed by atoms with van der Waals surface area (Å²) in [7, 11) is 0. The van der Waals surface area contributed by atoms with Crippen LogP contribution in [0.4, 0.5) is 13.2 Å². The third-order valence-electron chi connectivity index (χ3n) is 5.12. The minimum Gasteiger partial charge on any atom is -0.475 e. The van der Waals surface area contributed by atoms with Crippen LogP contribution < -0.4 is 5.32 Å². The van der Waals surface area contributed by atoms with Crippen molar-refractivity contribution in [1.82, 2.24) is 15.2 Å². The molecular weight excluding hydrogens is 391 g/mol. The van der Waals surface area contributed by atoms with Crippen molar-refractivity contribution in [1.29, 1.82) is 0 Å². The maximum absolute atomic E-state index is 11.9. The summed E-state index contributed by atoms with van der Waals surface area (Å²) in [6.45, 7) is 2.98. The lowest BCUT2D eigenvalue weighted by atomic mass is 10.0. The van der Waals surface area contributed by atoms with Crippen LogP contribution in [-0.2, 0) is 20.9 Å². The molecule has 1 aromatic rings. The minimum absolute atomic E-state index is 0.120. The maximum Gasteiger partial charge on any atom is 0.490 e. The van der Waals surface area contributed by atoms with Crippen molar-refractivity contribution in [3.05, 3.63) is 30.1 Å². The number of likely N-dealkylation sites (tertiary alicyclic amines) is 1. The molecule has 3 fully saturated rings. The molecule has 1 amide bonds. The number of nitrogens with one attached hydrogen (secondary N) is 1. The Morgan fingerprint density at radius 1 is 1.31 bits per heavy atom. The van der Waals surface area contributed by atoms with Crippen LogP contribution in [0, 0.1) is 5.92 Å². The van der Waals surface area contributed by atoms with E-state index in [1.165, 1.54) is 5.56 Å². The Morgan fingerprint density at radius 3 is 2.59 bits per heavy atom. The van der Waals surface area contributed by atoms with Crippen molar-refractivity contribution in [2.24, 2.45) is 5.92 Å². The minimum atomic E-state index is -5.08. The fraction of sp³-hybridized carbons (Fsp3) is 0.632. The van der Waals surface area contributed by atoms with E-state index < -0.39 is 12.1 Å². The van der Waals surface area contributed by atoms with Crippen LogP contribution in [0.1, 0.15) is 31.2 Å². The molecule has 0 aromatic carbocycles. The van der Waals surface area contributed by atoms with Gasteiger partial charge in [0.15, 0.2) is 0 Å². The van der Waals surface area contributed by atoms with E-state index in [9.17, 15) is 18.0 Å². The number of rotatable bonds is 5. The summed E-state index contributed by atoms with van der Waals surface area (Å²) in [5, 5.41) is 10.2. The number of hydrogen-bond donors (Lipinski definition) is 2. The van der Waals surface area contributed by atoms with Gasteiger partial charge in [0.1, 0.15) is 0 Å². The molecule has 3 heterocycles. The Hall–Kier alpha value is -2.20. The highest BCUT2D eigenvalue weighted by atomic mass is 19.4. The monoisotopic (exact) mass is 415 g/mol. The number of amides is 1. The van der Waals surface area contributed by atoms with Crippen molar-refractivity contribution in [2.75, 3.05) is 13.1 Å². The van der Waals surface area contributed by atoms with Gasteiger partial charge in [-0.25, -0.2) is 4.79 Å². The van der Waals surface area contributed by atoms with Crippen molar-refractivity contribution >= 4 is 11.9 Å². The summed E-state index contributed by atoms with van der Waals surface area (Å²) < 4.78 is 37.8.